The van der Waals surface area contributed by atoms with E-state index >= 15 is 0 Å². The second-order valence-corrected chi connectivity index (χ2v) is 6.95. The topological polar surface area (TPSA) is 75.6 Å². The quantitative estimate of drug-likeness (QED) is 0.826. The normalized spacial score (nSPS) is 20.7. The van der Waals surface area contributed by atoms with Gasteiger partial charge in [0.15, 0.2) is 0 Å². The van der Waals surface area contributed by atoms with Crippen LogP contribution in [-0.4, -0.2) is 52.6 Å². The Morgan fingerprint density at radius 2 is 1.85 bits per heavy atom. The maximum Gasteiger partial charge on any atom is 0.233 e. The number of rotatable bonds is 4. The molecule has 7 heteroatoms. The fourth-order valence-electron chi connectivity index (χ4n) is 3.70. The zero-order valence-electron chi connectivity index (χ0n) is 15.0. The molecule has 27 heavy (non-hydrogen) atoms. The van der Waals surface area contributed by atoms with Crippen LogP contribution in [-0.2, 0) is 9.59 Å². The maximum atomic E-state index is 12.9. The second-order valence-electron chi connectivity index (χ2n) is 6.95. The van der Waals surface area contributed by atoms with Crippen molar-refractivity contribution >= 4 is 17.5 Å². The molecule has 1 unspecified atom stereocenters. The van der Waals surface area contributed by atoms with Crippen molar-refractivity contribution < 1.29 is 14.3 Å². The van der Waals surface area contributed by atoms with E-state index < -0.39 is 0 Å². The Labute approximate surface area is 157 Å². The van der Waals surface area contributed by atoms with Gasteiger partial charge in [-0.15, -0.1) is 5.10 Å². The predicted octanol–water partition coefficient (Wildman–Crippen LogP) is 1.90. The first-order chi connectivity index (χ1) is 13.2. The van der Waals surface area contributed by atoms with E-state index in [9.17, 15) is 9.59 Å². The van der Waals surface area contributed by atoms with E-state index in [0.717, 1.165) is 18.5 Å². The van der Waals surface area contributed by atoms with Crippen molar-refractivity contribution in [1.29, 1.82) is 0 Å². The standard InChI is InChI=1S/C20H22N4O3/c25-19-13-15(14-24(19)16-5-2-1-3-6-16)20(26)23-11-8-17(9-12-23)27-18-7-4-10-21-22-18/h1-7,10,15,17H,8-9,11-14H2. The third kappa shape index (κ3) is 3.92. The number of ether oxygens (including phenoxy) is 1. The lowest BCUT2D eigenvalue weighted by Crippen LogP contribution is -2.45. The minimum absolute atomic E-state index is 0.0143. The van der Waals surface area contributed by atoms with E-state index in [2.05, 4.69) is 10.2 Å². The smallest absolute Gasteiger partial charge is 0.233 e. The molecule has 3 heterocycles. The molecule has 2 saturated heterocycles. The van der Waals surface area contributed by atoms with Gasteiger partial charge in [0, 0.05) is 56.8 Å². The molecule has 0 aliphatic carbocycles. The van der Waals surface area contributed by atoms with Gasteiger partial charge in [0.2, 0.25) is 17.7 Å². The van der Waals surface area contributed by atoms with E-state index in [1.165, 1.54) is 0 Å². The average molecular weight is 366 g/mol. The fraction of sp³-hybridized carbons (Fsp3) is 0.400. The van der Waals surface area contributed by atoms with Crippen LogP contribution in [0.2, 0.25) is 0 Å². The molecule has 4 rings (SSSR count). The Morgan fingerprint density at radius 1 is 1.07 bits per heavy atom. The number of para-hydroxylation sites is 1. The van der Waals surface area contributed by atoms with Crippen LogP contribution in [0, 0.1) is 5.92 Å². The molecule has 1 aromatic carbocycles. The van der Waals surface area contributed by atoms with E-state index in [1.54, 1.807) is 23.2 Å². The van der Waals surface area contributed by atoms with Crippen LogP contribution in [0.4, 0.5) is 5.69 Å². The van der Waals surface area contributed by atoms with E-state index in [1.807, 2.05) is 35.2 Å². The molecule has 1 atom stereocenters. The molecule has 0 spiro atoms. The fourth-order valence-corrected chi connectivity index (χ4v) is 3.70. The highest BCUT2D eigenvalue weighted by Gasteiger charge is 2.38. The Hall–Kier alpha value is -2.96. The first-order valence-corrected chi connectivity index (χ1v) is 9.29. The van der Waals surface area contributed by atoms with Gasteiger partial charge in [-0.3, -0.25) is 9.59 Å². The Morgan fingerprint density at radius 3 is 2.56 bits per heavy atom. The van der Waals surface area contributed by atoms with Crippen LogP contribution in [0.15, 0.2) is 48.7 Å². The average Bonchev–Trinajstić information content (AvgIpc) is 3.11. The van der Waals surface area contributed by atoms with Gasteiger partial charge in [0.05, 0.1) is 5.92 Å². The summed E-state index contributed by atoms with van der Waals surface area (Å²) in [6.07, 6.45) is 3.44. The van der Waals surface area contributed by atoms with Gasteiger partial charge >= 0.3 is 0 Å². The summed E-state index contributed by atoms with van der Waals surface area (Å²) in [7, 11) is 0. The number of hydrogen-bond donors (Lipinski definition) is 0. The minimum atomic E-state index is -0.268. The van der Waals surface area contributed by atoms with Crippen LogP contribution in [0.25, 0.3) is 0 Å². The SMILES string of the molecule is O=C(C1CC(=O)N(c2ccccc2)C1)N1CCC(Oc2cccnn2)CC1. The van der Waals surface area contributed by atoms with Gasteiger partial charge in [-0.2, -0.15) is 5.10 Å². The summed E-state index contributed by atoms with van der Waals surface area (Å²) in [4.78, 5) is 28.8. The van der Waals surface area contributed by atoms with Crippen molar-refractivity contribution in [3.05, 3.63) is 48.7 Å². The molecule has 2 fully saturated rings. The monoisotopic (exact) mass is 366 g/mol. The van der Waals surface area contributed by atoms with E-state index in [0.29, 0.717) is 25.5 Å². The summed E-state index contributed by atoms with van der Waals surface area (Å²) in [6.45, 7) is 1.73. The highest BCUT2D eigenvalue weighted by molar-refractivity contribution is 6.00. The van der Waals surface area contributed by atoms with Crippen molar-refractivity contribution in [3.8, 4) is 5.88 Å². The lowest BCUT2D eigenvalue weighted by molar-refractivity contribution is -0.137. The van der Waals surface area contributed by atoms with Crippen LogP contribution < -0.4 is 9.64 Å². The summed E-state index contributed by atoms with van der Waals surface area (Å²) in [5.41, 5.74) is 0.855. The number of amides is 2. The molecule has 140 valence electrons. The highest BCUT2D eigenvalue weighted by Crippen LogP contribution is 2.27. The summed E-state index contributed by atoms with van der Waals surface area (Å²) in [5.74, 6) is 0.331. The predicted molar refractivity (Wildman–Crippen MR) is 99.2 cm³/mol. The van der Waals surface area contributed by atoms with E-state index in [4.69, 9.17) is 4.74 Å². The largest absolute Gasteiger partial charge is 0.473 e. The first-order valence-electron chi connectivity index (χ1n) is 9.29. The molecule has 0 radical (unpaired) electrons. The molecular formula is C20H22N4O3. The van der Waals surface area contributed by atoms with Crippen molar-refractivity contribution in [2.45, 2.75) is 25.4 Å². The van der Waals surface area contributed by atoms with Crippen LogP contribution in [0.1, 0.15) is 19.3 Å². The van der Waals surface area contributed by atoms with Crippen LogP contribution in [0.3, 0.4) is 0 Å². The number of nitrogens with zero attached hydrogens (tertiary/aromatic N) is 4. The molecule has 7 nitrogen and oxygen atoms in total. The molecule has 0 N–H and O–H groups in total. The van der Waals surface area contributed by atoms with Crippen molar-refractivity contribution in [2.75, 3.05) is 24.5 Å². The summed E-state index contributed by atoms with van der Waals surface area (Å²) in [5, 5.41) is 7.75. The van der Waals surface area contributed by atoms with Gasteiger partial charge in [-0.05, 0) is 18.2 Å². The Balaban J connectivity index is 1.31. The van der Waals surface area contributed by atoms with Crippen LogP contribution >= 0.6 is 0 Å². The molecule has 1 aromatic heterocycles. The van der Waals surface area contributed by atoms with Gasteiger partial charge in [-0.25, -0.2) is 0 Å². The molecule has 2 aromatic rings. The molecule has 0 saturated carbocycles. The van der Waals surface area contributed by atoms with Crippen molar-refractivity contribution in [2.24, 2.45) is 5.92 Å². The maximum absolute atomic E-state index is 12.9. The van der Waals surface area contributed by atoms with Crippen LogP contribution in [0.5, 0.6) is 5.88 Å². The Bertz CT molecular complexity index is 791. The number of likely N-dealkylation sites (tertiary alicyclic amines) is 1. The van der Waals surface area contributed by atoms with Gasteiger partial charge in [0.1, 0.15) is 6.10 Å². The third-order valence-electron chi connectivity index (χ3n) is 5.13. The lowest BCUT2D eigenvalue weighted by atomic mass is 10.0. The third-order valence-corrected chi connectivity index (χ3v) is 5.13. The number of carbonyl (C=O) groups excluding carboxylic acids is 2. The number of benzene rings is 1. The highest BCUT2D eigenvalue weighted by atomic mass is 16.5. The molecule has 2 amide bonds. The second kappa shape index (κ2) is 7.73. The first kappa shape index (κ1) is 17.5. The number of anilines is 1. The van der Waals surface area contributed by atoms with Crippen molar-refractivity contribution in [1.82, 2.24) is 15.1 Å². The molecule has 0 bridgehead atoms. The zero-order valence-corrected chi connectivity index (χ0v) is 15.0. The summed E-state index contributed by atoms with van der Waals surface area (Å²) < 4.78 is 5.83. The molecule has 2 aliphatic rings. The van der Waals surface area contributed by atoms with E-state index in [-0.39, 0.29) is 30.3 Å². The number of piperidine rings is 1. The van der Waals surface area contributed by atoms with Gasteiger partial charge < -0.3 is 14.5 Å². The Kier molecular flexibility index (Phi) is 5.00. The van der Waals surface area contributed by atoms with Crippen molar-refractivity contribution in [3.63, 3.8) is 0 Å². The minimum Gasteiger partial charge on any atom is -0.473 e. The van der Waals surface area contributed by atoms with Gasteiger partial charge in [0.25, 0.3) is 0 Å². The zero-order chi connectivity index (χ0) is 18.6. The molecular weight excluding hydrogens is 344 g/mol. The number of aromatic nitrogens is 2. The number of hydrogen-bond acceptors (Lipinski definition) is 5. The molecule has 2 aliphatic heterocycles. The summed E-state index contributed by atoms with van der Waals surface area (Å²) >= 11 is 0. The van der Waals surface area contributed by atoms with Gasteiger partial charge in [-0.1, -0.05) is 18.2 Å². The number of carbonyl (C=O) groups is 2. The summed E-state index contributed by atoms with van der Waals surface area (Å²) in [6, 6.07) is 13.1. The lowest BCUT2D eigenvalue weighted by Gasteiger charge is -2.33.